The summed E-state index contributed by atoms with van der Waals surface area (Å²) in [6, 6.07) is 16.0. The summed E-state index contributed by atoms with van der Waals surface area (Å²) in [5, 5.41) is 2.91. The van der Waals surface area contributed by atoms with Gasteiger partial charge >= 0.3 is 0 Å². The van der Waals surface area contributed by atoms with Gasteiger partial charge in [-0.15, -0.1) is 0 Å². The number of para-hydroxylation sites is 1. The molecule has 0 unspecified atom stereocenters. The average Bonchev–Trinajstić information content (AvgIpc) is 3.03. The highest BCUT2D eigenvalue weighted by atomic mass is 16.2. The Balaban J connectivity index is 1.26. The first-order valence-electron chi connectivity index (χ1n) is 10.1. The molecule has 0 aliphatic carbocycles. The molecule has 0 radical (unpaired) electrons. The molecule has 7 nitrogen and oxygen atoms in total. The third kappa shape index (κ3) is 3.96. The normalized spacial score (nSPS) is 16.5. The number of piperidine rings is 1. The van der Waals surface area contributed by atoms with Gasteiger partial charge in [0.1, 0.15) is 0 Å². The largest absolute Gasteiger partial charge is 0.343 e. The zero-order valence-corrected chi connectivity index (χ0v) is 16.5. The van der Waals surface area contributed by atoms with Crippen LogP contribution in [-0.2, 0) is 9.59 Å². The number of hydrogen-bond donors (Lipinski definition) is 1. The van der Waals surface area contributed by atoms with Gasteiger partial charge in [-0.05, 0) is 37.1 Å². The van der Waals surface area contributed by atoms with E-state index in [0.29, 0.717) is 37.1 Å². The molecule has 0 bridgehead atoms. The topological polar surface area (TPSA) is 86.8 Å². The summed E-state index contributed by atoms with van der Waals surface area (Å²) in [5.41, 5.74) is 1.54. The Kier molecular flexibility index (Phi) is 5.61. The second-order valence-electron chi connectivity index (χ2n) is 7.57. The van der Waals surface area contributed by atoms with Crippen LogP contribution in [-0.4, -0.2) is 53.1 Å². The molecule has 0 saturated carbocycles. The fraction of sp³-hybridized carbons (Fsp3) is 0.304. The minimum atomic E-state index is -0.348. The van der Waals surface area contributed by atoms with E-state index in [1.54, 1.807) is 29.2 Å². The van der Waals surface area contributed by atoms with Crippen LogP contribution in [0.4, 0.5) is 5.69 Å². The quantitative estimate of drug-likeness (QED) is 0.775. The number of benzene rings is 2. The number of carbonyl (C=O) groups excluding carboxylic acids is 4. The Morgan fingerprint density at radius 3 is 2.03 bits per heavy atom. The van der Waals surface area contributed by atoms with E-state index < -0.39 is 0 Å². The van der Waals surface area contributed by atoms with Gasteiger partial charge in [0.15, 0.2) is 0 Å². The number of likely N-dealkylation sites (tertiary alicyclic amines) is 1. The first-order valence-corrected chi connectivity index (χ1v) is 10.1. The molecule has 7 heteroatoms. The second-order valence-corrected chi connectivity index (χ2v) is 7.57. The standard InChI is InChI=1S/C23H23N3O4/c27-20(12-15-26-22(29)18-8-4-5-9-19(18)23(26)30)25-13-10-16(11-14-25)21(28)24-17-6-2-1-3-7-17/h1-9,16H,10-15H2,(H,24,28). The fourth-order valence-electron chi connectivity index (χ4n) is 3.96. The first-order chi connectivity index (χ1) is 14.5. The fourth-order valence-corrected chi connectivity index (χ4v) is 3.96. The first kappa shape index (κ1) is 19.8. The molecular weight excluding hydrogens is 382 g/mol. The molecule has 0 spiro atoms. The summed E-state index contributed by atoms with van der Waals surface area (Å²) in [6.45, 7) is 1.06. The number of carbonyl (C=O) groups is 4. The smallest absolute Gasteiger partial charge is 0.261 e. The van der Waals surface area contributed by atoms with Crippen LogP contribution in [0, 0.1) is 5.92 Å². The van der Waals surface area contributed by atoms with Crippen molar-refractivity contribution in [3.05, 3.63) is 65.7 Å². The summed E-state index contributed by atoms with van der Waals surface area (Å²) in [7, 11) is 0. The lowest BCUT2D eigenvalue weighted by molar-refractivity contribution is -0.134. The van der Waals surface area contributed by atoms with Crippen molar-refractivity contribution in [2.24, 2.45) is 5.92 Å². The number of nitrogens with zero attached hydrogens (tertiary/aromatic N) is 2. The van der Waals surface area contributed by atoms with E-state index in [1.165, 1.54) is 0 Å². The highest BCUT2D eigenvalue weighted by Crippen LogP contribution is 2.23. The van der Waals surface area contributed by atoms with Gasteiger partial charge in [0.2, 0.25) is 11.8 Å². The van der Waals surface area contributed by atoms with Crippen LogP contribution in [0.15, 0.2) is 54.6 Å². The summed E-state index contributed by atoms with van der Waals surface area (Å²) in [6.07, 6.45) is 1.28. The van der Waals surface area contributed by atoms with E-state index in [0.717, 1.165) is 10.6 Å². The van der Waals surface area contributed by atoms with Crippen molar-refractivity contribution in [2.45, 2.75) is 19.3 Å². The molecule has 154 valence electrons. The Morgan fingerprint density at radius 2 is 1.43 bits per heavy atom. The Bertz CT molecular complexity index is 946. The van der Waals surface area contributed by atoms with Crippen molar-refractivity contribution in [2.75, 3.05) is 25.0 Å². The molecule has 30 heavy (non-hydrogen) atoms. The van der Waals surface area contributed by atoms with E-state index in [-0.39, 0.29) is 42.5 Å². The molecule has 0 aromatic heterocycles. The zero-order valence-electron chi connectivity index (χ0n) is 16.5. The monoisotopic (exact) mass is 405 g/mol. The molecule has 2 aromatic carbocycles. The maximum Gasteiger partial charge on any atom is 0.261 e. The highest BCUT2D eigenvalue weighted by Gasteiger charge is 2.35. The van der Waals surface area contributed by atoms with Crippen molar-refractivity contribution in [1.82, 2.24) is 9.80 Å². The third-order valence-electron chi connectivity index (χ3n) is 5.69. The minimum absolute atomic E-state index is 0.0284. The summed E-state index contributed by atoms with van der Waals surface area (Å²) in [4.78, 5) is 52.7. The predicted octanol–water partition coefficient (Wildman–Crippen LogP) is 2.55. The number of imide groups is 1. The number of anilines is 1. The lowest BCUT2D eigenvalue weighted by Gasteiger charge is -2.31. The molecule has 0 atom stereocenters. The molecule has 2 aliphatic heterocycles. The number of nitrogens with one attached hydrogen (secondary N) is 1. The SMILES string of the molecule is O=C(Nc1ccccc1)C1CCN(C(=O)CCN2C(=O)c3ccccc3C2=O)CC1. The van der Waals surface area contributed by atoms with E-state index in [2.05, 4.69) is 5.32 Å². The molecule has 2 aliphatic rings. The van der Waals surface area contributed by atoms with Gasteiger partial charge in [0, 0.05) is 37.7 Å². The van der Waals surface area contributed by atoms with Gasteiger partial charge < -0.3 is 10.2 Å². The number of amides is 4. The van der Waals surface area contributed by atoms with Crippen LogP contribution >= 0.6 is 0 Å². The maximum absolute atomic E-state index is 12.6. The zero-order chi connectivity index (χ0) is 21.1. The average molecular weight is 405 g/mol. The summed E-state index contributed by atoms with van der Waals surface area (Å²) < 4.78 is 0. The molecule has 4 amide bonds. The van der Waals surface area contributed by atoms with Crippen LogP contribution in [0.2, 0.25) is 0 Å². The Labute approximate surface area is 174 Å². The van der Waals surface area contributed by atoms with Crippen molar-refractivity contribution in [3.63, 3.8) is 0 Å². The number of fused-ring (bicyclic) bond motifs is 1. The Morgan fingerprint density at radius 1 is 0.867 bits per heavy atom. The van der Waals surface area contributed by atoms with Crippen LogP contribution in [0.25, 0.3) is 0 Å². The van der Waals surface area contributed by atoms with Crippen molar-refractivity contribution in [1.29, 1.82) is 0 Å². The van der Waals surface area contributed by atoms with Crippen molar-refractivity contribution < 1.29 is 19.2 Å². The lowest BCUT2D eigenvalue weighted by atomic mass is 9.95. The van der Waals surface area contributed by atoms with Crippen LogP contribution in [0.1, 0.15) is 40.0 Å². The molecular formula is C23H23N3O4. The van der Waals surface area contributed by atoms with Crippen LogP contribution in [0.3, 0.4) is 0 Å². The van der Waals surface area contributed by atoms with Gasteiger partial charge in [-0.2, -0.15) is 0 Å². The molecule has 1 N–H and O–H groups in total. The third-order valence-corrected chi connectivity index (χ3v) is 5.69. The number of rotatable bonds is 5. The van der Waals surface area contributed by atoms with E-state index in [1.807, 2.05) is 30.3 Å². The van der Waals surface area contributed by atoms with Crippen LogP contribution < -0.4 is 5.32 Å². The molecule has 2 heterocycles. The number of hydrogen-bond acceptors (Lipinski definition) is 4. The van der Waals surface area contributed by atoms with Crippen LogP contribution in [0.5, 0.6) is 0 Å². The van der Waals surface area contributed by atoms with Gasteiger partial charge in [-0.25, -0.2) is 0 Å². The van der Waals surface area contributed by atoms with E-state index >= 15 is 0 Å². The molecule has 2 aromatic rings. The van der Waals surface area contributed by atoms with Crippen molar-refractivity contribution >= 4 is 29.3 Å². The summed E-state index contributed by atoms with van der Waals surface area (Å²) in [5.74, 6) is -0.960. The van der Waals surface area contributed by atoms with E-state index in [4.69, 9.17) is 0 Å². The maximum atomic E-state index is 12.6. The van der Waals surface area contributed by atoms with Crippen molar-refractivity contribution in [3.8, 4) is 0 Å². The van der Waals surface area contributed by atoms with Gasteiger partial charge in [-0.3, -0.25) is 24.1 Å². The summed E-state index contributed by atoms with van der Waals surface area (Å²) >= 11 is 0. The van der Waals surface area contributed by atoms with Gasteiger partial charge in [0.25, 0.3) is 11.8 Å². The highest BCUT2D eigenvalue weighted by molar-refractivity contribution is 6.21. The second kappa shape index (κ2) is 8.49. The minimum Gasteiger partial charge on any atom is -0.343 e. The molecule has 1 fully saturated rings. The van der Waals surface area contributed by atoms with Gasteiger partial charge in [-0.1, -0.05) is 30.3 Å². The predicted molar refractivity (Wildman–Crippen MR) is 111 cm³/mol. The molecule has 4 rings (SSSR count). The lowest BCUT2D eigenvalue weighted by Crippen LogP contribution is -2.43. The molecule has 1 saturated heterocycles. The van der Waals surface area contributed by atoms with E-state index in [9.17, 15) is 19.2 Å². The van der Waals surface area contributed by atoms with Gasteiger partial charge in [0.05, 0.1) is 11.1 Å². The Hall–Kier alpha value is -3.48.